The molecule has 0 fully saturated rings. The maximum absolute atomic E-state index is 11.7. The van der Waals surface area contributed by atoms with E-state index in [-0.39, 0.29) is 17.2 Å². The largest absolute Gasteiger partial charge is 0.358 e. The summed E-state index contributed by atoms with van der Waals surface area (Å²) in [5, 5.41) is 3.57. The summed E-state index contributed by atoms with van der Waals surface area (Å²) in [6, 6.07) is 10.1. The average molecular weight is 314 g/mol. The Morgan fingerprint density at radius 1 is 1.27 bits per heavy atom. The fourth-order valence-electron chi connectivity index (χ4n) is 3.00. The van der Waals surface area contributed by atoms with E-state index in [0.29, 0.717) is 0 Å². The zero-order chi connectivity index (χ0) is 15.7. The lowest BCUT2D eigenvalue weighted by atomic mass is 9.78. The van der Waals surface area contributed by atoms with Crippen molar-refractivity contribution in [1.29, 1.82) is 0 Å². The molecule has 1 atom stereocenters. The first kappa shape index (κ1) is 15.3. The van der Waals surface area contributed by atoms with Gasteiger partial charge >= 0.3 is 0 Å². The highest BCUT2D eigenvalue weighted by Crippen LogP contribution is 2.43. The number of rotatable bonds is 3. The van der Waals surface area contributed by atoms with Crippen molar-refractivity contribution in [2.75, 3.05) is 11.1 Å². The normalized spacial score (nSPS) is 23.6. The molecule has 0 spiro atoms. The van der Waals surface area contributed by atoms with E-state index in [4.69, 9.17) is 4.99 Å². The number of nitrogens with one attached hydrogen (secondary N) is 1. The third-order valence-electron chi connectivity index (χ3n) is 4.07. The van der Waals surface area contributed by atoms with Crippen LogP contribution in [0.2, 0.25) is 0 Å². The molecule has 2 aliphatic rings. The van der Waals surface area contributed by atoms with Crippen LogP contribution >= 0.6 is 11.8 Å². The van der Waals surface area contributed by atoms with Gasteiger partial charge in [-0.25, -0.2) is 0 Å². The molecular weight excluding hydrogens is 292 g/mol. The van der Waals surface area contributed by atoms with Gasteiger partial charge in [-0.3, -0.25) is 9.79 Å². The van der Waals surface area contributed by atoms with Crippen molar-refractivity contribution in [2.24, 2.45) is 10.4 Å². The predicted octanol–water partition coefficient (Wildman–Crippen LogP) is 4.28. The molecule has 0 saturated heterocycles. The number of allylic oxidation sites excluding steroid dienone is 2. The van der Waals surface area contributed by atoms with Gasteiger partial charge in [0.15, 0.2) is 5.78 Å². The van der Waals surface area contributed by atoms with E-state index in [1.807, 2.05) is 18.2 Å². The molecule has 4 heteroatoms. The lowest BCUT2D eigenvalue weighted by Gasteiger charge is -2.36. The minimum absolute atomic E-state index is 0.165. The molecule has 3 nitrogen and oxygen atoms in total. The highest BCUT2D eigenvalue weighted by molar-refractivity contribution is 8.04. The van der Waals surface area contributed by atoms with Gasteiger partial charge in [0.25, 0.3) is 0 Å². The molecule has 0 amide bonds. The summed E-state index contributed by atoms with van der Waals surface area (Å²) in [4.78, 5) is 17.6. The predicted molar refractivity (Wildman–Crippen MR) is 94.5 cm³/mol. The maximum Gasteiger partial charge on any atom is 0.155 e. The highest BCUT2D eigenvalue weighted by atomic mass is 32.2. The van der Waals surface area contributed by atoms with Crippen molar-refractivity contribution in [3.63, 3.8) is 0 Å². The Morgan fingerprint density at radius 3 is 2.68 bits per heavy atom. The third-order valence-corrected chi connectivity index (χ3v) is 5.33. The van der Waals surface area contributed by atoms with Crippen LogP contribution in [0.1, 0.15) is 33.6 Å². The summed E-state index contributed by atoms with van der Waals surface area (Å²) in [6.07, 6.45) is 1.95. The molecular formula is C18H22N2OS. The van der Waals surface area contributed by atoms with Crippen molar-refractivity contribution in [2.45, 2.75) is 39.7 Å². The Hall–Kier alpha value is -1.55. The van der Waals surface area contributed by atoms with E-state index in [1.54, 1.807) is 18.7 Å². The molecule has 116 valence electrons. The zero-order valence-electron chi connectivity index (χ0n) is 13.3. The second kappa shape index (κ2) is 5.92. The summed E-state index contributed by atoms with van der Waals surface area (Å²) >= 11 is 1.78. The number of ketones is 1. The Morgan fingerprint density at radius 2 is 2.00 bits per heavy atom. The number of anilines is 1. The Bertz CT molecular complexity index is 646. The van der Waals surface area contributed by atoms with Gasteiger partial charge in [-0.15, -0.1) is 11.8 Å². The standard InChI is InChI=1S/C18H22N2OS/c1-12(21)16-11-22-17-14(19-13-7-5-4-6-8-13)9-18(2,3)10-15(17)20-16/h4-8,16,19H,9-11H2,1-3H3. The van der Waals surface area contributed by atoms with Gasteiger partial charge in [0.05, 0.1) is 5.71 Å². The van der Waals surface area contributed by atoms with E-state index in [2.05, 4.69) is 31.3 Å². The molecule has 3 rings (SSSR count). The number of Topliss-reactive ketones (excluding diaryl/α,β-unsaturated/α-hetero) is 1. The van der Waals surface area contributed by atoms with Crippen LogP contribution in [0, 0.1) is 5.41 Å². The number of hydrogen-bond acceptors (Lipinski definition) is 4. The molecule has 1 aromatic rings. The highest BCUT2D eigenvalue weighted by Gasteiger charge is 2.35. The van der Waals surface area contributed by atoms with Crippen LogP contribution in [0.15, 0.2) is 45.9 Å². The SMILES string of the molecule is CC(=O)C1CSC2=C(Nc3ccccc3)CC(C)(C)CC2=N1. The molecule has 0 saturated carbocycles. The Kier molecular flexibility index (Phi) is 4.13. The lowest BCUT2D eigenvalue weighted by Crippen LogP contribution is -2.33. The van der Waals surface area contributed by atoms with Gasteiger partial charge in [-0.2, -0.15) is 0 Å². The Balaban J connectivity index is 1.96. The van der Waals surface area contributed by atoms with Gasteiger partial charge in [-0.05, 0) is 37.3 Å². The van der Waals surface area contributed by atoms with Gasteiger partial charge in [0, 0.05) is 22.0 Å². The number of aliphatic imine (C=N–C) groups is 1. The van der Waals surface area contributed by atoms with E-state index < -0.39 is 0 Å². The quantitative estimate of drug-likeness (QED) is 0.905. The summed E-state index contributed by atoms with van der Waals surface area (Å²) in [7, 11) is 0. The van der Waals surface area contributed by atoms with Crippen LogP contribution in [0.3, 0.4) is 0 Å². The van der Waals surface area contributed by atoms with Crippen molar-refractivity contribution in [1.82, 2.24) is 0 Å². The van der Waals surface area contributed by atoms with Crippen molar-refractivity contribution < 1.29 is 4.79 Å². The van der Waals surface area contributed by atoms with Gasteiger partial charge in [0.1, 0.15) is 6.04 Å². The number of nitrogens with zero attached hydrogens (tertiary/aromatic N) is 1. The number of thioether (sulfide) groups is 1. The van der Waals surface area contributed by atoms with E-state index in [9.17, 15) is 4.79 Å². The monoisotopic (exact) mass is 314 g/mol. The summed E-state index contributed by atoms with van der Waals surface area (Å²) in [6.45, 7) is 6.17. The lowest BCUT2D eigenvalue weighted by molar-refractivity contribution is -0.117. The van der Waals surface area contributed by atoms with E-state index in [0.717, 1.165) is 30.0 Å². The second-order valence-electron chi connectivity index (χ2n) is 6.83. The molecule has 1 unspecified atom stereocenters. The number of benzene rings is 1. The van der Waals surface area contributed by atoms with Gasteiger partial charge in [-0.1, -0.05) is 32.0 Å². The van der Waals surface area contributed by atoms with Gasteiger partial charge in [0.2, 0.25) is 0 Å². The van der Waals surface area contributed by atoms with Crippen molar-refractivity contribution in [3.8, 4) is 0 Å². The molecule has 1 N–H and O–H groups in total. The molecule has 0 radical (unpaired) electrons. The molecule has 0 bridgehead atoms. The molecule has 1 aliphatic carbocycles. The molecule has 22 heavy (non-hydrogen) atoms. The number of hydrogen-bond donors (Lipinski definition) is 1. The molecule has 1 aliphatic heterocycles. The summed E-state index contributed by atoms with van der Waals surface area (Å²) in [5.41, 5.74) is 3.62. The average Bonchev–Trinajstić information content (AvgIpc) is 2.46. The summed E-state index contributed by atoms with van der Waals surface area (Å²) in [5.74, 6) is 0.925. The maximum atomic E-state index is 11.7. The zero-order valence-corrected chi connectivity index (χ0v) is 14.2. The first-order valence-corrected chi connectivity index (χ1v) is 8.69. The smallest absolute Gasteiger partial charge is 0.155 e. The third kappa shape index (κ3) is 3.27. The van der Waals surface area contributed by atoms with Crippen molar-refractivity contribution >= 4 is 28.9 Å². The summed E-state index contributed by atoms with van der Waals surface area (Å²) < 4.78 is 0. The minimum atomic E-state index is -0.171. The second-order valence-corrected chi connectivity index (χ2v) is 7.86. The van der Waals surface area contributed by atoms with Crippen LogP contribution in [0.25, 0.3) is 0 Å². The van der Waals surface area contributed by atoms with Crippen LogP contribution in [0.5, 0.6) is 0 Å². The van der Waals surface area contributed by atoms with Crippen LogP contribution in [-0.2, 0) is 4.79 Å². The van der Waals surface area contributed by atoms with Crippen LogP contribution in [0.4, 0.5) is 5.69 Å². The number of carbonyl (C=O) groups excluding carboxylic acids is 1. The topological polar surface area (TPSA) is 41.5 Å². The molecule has 0 aromatic heterocycles. The van der Waals surface area contributed by atoms with Gasteiger partial charge < -0.3 is 5.32 Å². The first-order valence-electron chi connectivity index (χ1n) is 7.70. The first-order chi connectivity index (χ1) is 10.4. The number of para-hydroxylation sites is 1. The van der Waals surface area contributed by atoms with Crippen molar-refractivity contribution in [3.05, 3.63) is 40.9 Å². The minimum Gasteiger partial charge on any atom is -0.358 e. The molecule has 1 heterocycles. The Labute approximate surface area is 136 Å². The van der Waals surface area contributed by atoms with E-state index in [1.165, 1.54) is 10.6 Å². The van der Waals surface area contributed by atoms with E-state index >= 15 is 0 Å². The fraction of sp³-hybridized carbons (Fsp3) is 0.444. The molecule has 1 aromatic carbocycles. The number of carbonyl (C=O) groups is 1. The van der Waals surface area contributed by atoms with Crippen LogP contribution < -0.4 is 5.32 Å². The number of fused-ring (bicyclic) bond motifs is 1. The fourth-order valence-corrected chi connectivity index (χ4v) is 4.22. The van der Waals surface area contributed by atoms with Crippen LogP contribution in [-0.4, -0.2) is 23.3 Å².